The third-order valence-corrected chi connectivity index (χ3v) is 4.48. The zero-order valence-electron chi connectivity index (χ0n) is 11.8. The minimum Gasteiger partial charge on any atom is -0.476 e. The molecular formula is C16H17ClN2O2. The number of aromatic carboxylic acids is 1. The van der Waals surface area contributed by atoms with Crippen LogP contribution in [0.1, 0.15) is 41.5 Å². The van der Waals surface area contributed by atoms with Crippen molar-refractivity contribution in [3.05, 3.63) is 46.2 Å². The Morgan fingerprint density at radius 2 is 2.14 bits per heavy atom. The number of hydrogen-bond acceptors (Lipinski definition) is 2. The summed E-state index contributed by atoms with van der Waals surface area (Å²) in [4.78, 5) is 11.5. The van der Waals surface area contributed by atoms with Gasteiger partial charge in [0.25, 0.3) is 0 Å². The van der Waals surface area contributed by atoms with E-state index in [0.29, 0.717) is 10.9 Å². The van der Waals surface area contributed by atoms with Gasteiger partial charge in [-0.25, -0.2) is 9.48 Å². The number of benzene rings is 1. The maximum absolute atomic E-state index is 11.5. The number of carboxylic acid groups (broad SMARTS) is 1. The molecule has 1 aliphatic rings. The first-order valence-electron chi connectivity index (χ1n) is 7.20. The van der Waals surface area contributed by atoms with Gasteiger partial charge in [0.05, 0.1) is 5.69 Å². The van der Waals surface area contributed by atoms with Crippen LogP contribution in [-0.4, -0.2) is 20.9 Å². The smallest absolute Gasteiger partial charge is 0.356 e. The van der Waals surface area contributed by atoms with E-state index >= 15 is 0 Å². The van der Waals surface area contributed by atoms with Crippen LogP contribution in [0.25, 0.3) is 5.69 Å². The van der Waals surface area contributed by atoms with Crippen LogP contribution in [0.4, 0.5) is 0 Å². The van der Waals surface area contributed by atoms with Gasteiger partial charge in [-0.05, 0) is 49.4 Å². The van der Waals surface area contributed by atoms with E-state index < -0.39 is 5.97 Å². The summed E-state index contributed by atoms with van der Waals surface area (Å²) < 4.78 is 1.76. The van der Waals surface area contributed by atoms with Gasteiger partial charge in [-0.1, -0.05) is 24.9 Å². The van der Waals surface area contributed by atoms with Crippen molar-refractivity contribution < 1.29 is 9.90 Å². The van der Waals surface area contributed by atoms with E-state index in [2.05, 4.69) is 12.0 Å². The predicted molar refractivity (Wildman–Crippen MR) is 81.3 cm³/mol. The molecule has 21 heavy (non-hydrogen) atoms. The van der Waals surface area contributed by atoms with Crippen LogP contribution >= 0.6 is 11.6 Å². The summed E-state index contributed by atoms with van der Waals surface area (Å²) in [6.07, 6.45) is 3.84. The molecule has 0 saturated heterocycles. The van der Waals surface area contributed by atoms with Crippen LogP contribution in [-0.2, 0) is 12.8 Å². The van der Waals surface area contributed by atoms with E-state index in [-0.39, 0.29) is 5.69 Å². The van der Waals surface area contributed by atoms with Crippen molar-refractivity contribution in [2.45, 2.75) is 32.6 Å². The van der Waals surface area contributed by atoms with Gasteiger partial charge < -0.3 is 5.11 Å². The number of halogens is 1. The van der Waals surface area contributed by atoms with Crippen LogP contribution < -0.4 is 0 Å². The van der Waals surface area contributed by atoms with Gasteiger partial charge in [-0.15, -0.1) is 0 Å². The number of carbonyl (C=O) groups is 1. The van der Waals surface area contributed by atoms with E-state index in [0.717, 1.165) is 42.6 Å². The summed E-state index contributed by atoms with van der Waals surface area (Å²) in [5.74, 6) is -0.394. The predicted octanol–water partition coefficient (Wildman–Crippen LogP) is 3.74. The fraction of sp³-hybridized carbons (Fsp3) is 0.375. The Hall–Kier alpha value is -1.81. The number of rotatable bonds is 3. The van der Waals surface area contributed by atoms with Gasteiger partial charge in [0.2, 0.25) is 0 Å². The Kier molecular flexibility index (Phi) is 3.72. The normalized spacial score (nSPS) is 17.5. The molecule has 1 heterocycles. The minimum atomic E-state index is -0.948. The standard InChI is InChI=1S/C16H17ClN2O2/c1-2-10-3-8-14-13(9-10)15(16(20)21)18-19(14)12-6-4-11(17)5-7-12/h4-7,10H,2-3,8-9H2,1H3,(H,20,21). The molecule has 1 aromatic heterocycles. The lowest BCUT2D eigenvalue weighted by Gasteiger charge is -2.21. The van der Waals surface area contributed by atoms with Crippen molar-refractivity contribution in [3.63, 3.8) is 0 Å². The Bertz CT molecular complexity index is 676. The molecule has 0 bridgehead atoms. The van der Waals surface area contributed by atoms with Crippen LogP contribution in [0.5, 0.6) is 0 Å². The van der Waals surface area contributed by atoms with Crippen molar-refractivity contribution in [1.82, 2.24) is 9.78 Å². The first-order valence-corrected chi connectivity index (χ1v) is 7.58. The van der Waals surface area contributed by atoms with E-state index in [1.165, 1.54) is 0 Å². The van der Waals surface area contributed by atoms with E-state index in [9.17, 15) is 9.90 Å². The van der Waals surface area contributed by atoms with Crippen molar-refractivity contribution in [3.8, 4) is 5.69 Å². The highest BCUT2D eigenvalue weighted by Gasteiger charge is 2.28. The second kappa shape index (κ2) is 5.53. The molecule has 0 aliphatic heterocycles. The third-order valence-electron chi connectivity index (χ3n) is 4.22. The molecule has 1 atom stereocenters. The fourth-order valence-electron chi connectivity index (χ4n) is 3.00. The van der Waals surface area contributed by atoms with Gasteiger partial charge >= 0.3 is 5.97 Å². The molecule has 110 valence electrons. The molecule has 1 aromatic carbocycles. The molecular weight excluding hydrogens is 288 g/mol. The lowest BCUT2D eigenvalue weighted by molar-refractivity contribution is 0.0688. The van der Waals surface area contributed by atoms with Crippen LogP contribution in [0, 0.1) is 5.92 Å². The maximum atomic E-state index is 11.5. The van der Waals surface area contributed by atoms with Gasteiger partial charge in [0.15, 0.2) is 5.69 Å². The lowest BCUT2D eigenvalue weighted by atomic mass is 9.85. The first kappa shape index (κ1) is 14.1. The SMILES string of the molecule is CCC1CCc2c(c(C(=O)O)nn2-c2ccc(Cl)cc2)C1. The molecule has 1 aliphatic carbocycles. The monoisotopic (exact) mass is 304 g/mol. The summed E-state index contributed by atoms with van der Waals surface area (Å²) in [6, 6.07) is 7.33. The van der Waals surface area contributed by atoms with Crippen molar-refractivity contribution in [1.29, 1.82) is 0 Å². The quantitative estimate of drug-likeness (QED) is 0.940. The lowest BCUT2D eigenvalue weighted by Crippen LogP contribution is -2.16. The summed E-state index contributed by atoms with van der Waals surface area (Å²) in [7, 11) is 0. The molecule has 5 heteroatoms. The van der Waals surface area contributed by atoms with Gasteiger partial charge in [0, 0.05) is 16.3 Å². The first-order chi connectivity index (χ1) is 10.1. The highest BCUT2D eigenvalue weighted by Crippen LogP contribution is 2.31. The van der Waals surface area contributed by atoms with Crippen LogP contribution in [0.2, 0.25) is 5.02 Å². The molecule has 2 aromatic rings. The topological polar surface area (TPSA) is 55.1 Å². The van der Waals surface area contributed by atoms with Gasteiger partial charge in [-0.2, -0.15) is 5.10 Å². The maximum Gasteiger partial charge on any atom is 0.356 e. The van der Waals surface area contributed by atoms with Crippen LogP contribution in [0.15, 0.2) is 24.3 Å². The van der Waals surface area contributed by atoms with Gasteiger partial charge in [-0.3, -0.25) is 0 Å². The molecule has 1 unspecified atom stereocenters. The largest absolute Gasteiger partial charge is 0.476 e. The molecule has 0 fully saturated rings. The Morgan fingerprint density at radius 1 is 1.43 bits per heavy atom. The zero-order valence-corrected chi connectivity index (χ0v) is 12.6. The summed E-state index contributed by atoms with van der Waals surface area (Å²) >= 11 is 5.91. The molecule has 0 saturated carbocycles. The second-order valence-corrected chi connectivity index (χ2v) is 5.92. The van der Waals surface area contributed by atoms with E-state index in [4.69, 9.17) is 11.6 Å². The minimum absolute atomic E-state index is 0.193. The molecule has 0 spiro atoms. The van der Waals surface area contributed by atoms with Crippen molar-refractivity contribution in [2.75, 3.05) is 0 Å². The second-order valence-electron chi connectivity index (χ2n) is 5.48. The summed E-state index contributed by atoms with van der Waals surface area (Å²) in [6.45, 7) is 2.15. The molecule has 1 N–H and O–H groups in total. The van der Waals surface area contributed by atoms with E-state index in [1.807, 2.05) is 12.1 Å². The Balaban J connectivity index is 2.10. The van der Waals surface area contributed by atoms with E-state index in [1.54, 1.807) is 16.8 Å². The fourth-order valence-corrected chi connectivity index (χ4v) is 3.13. The Labute approximate surface area is 128 Å². The summed E-state index contributed by atoms with van der Waals surface area (Å²) in [5.41, 5.74) is 2.98. The highest BCUT2D eigenvalue weighted by molar-refractivity contribution is 6.30. The Morgan fingerprint density at radius 3 is 2.76 bits per heavy atom. The molecule has 0 radical (unpaired) electrons. The number of hydrogen-bond donors (Lipinski definition) is 1. The number of nitrogens with zero attached hydrogens (tertiary/aromatic N) is 2. The average Bonchev–Trinajstić information content (AvgIpc) is 2.87. The highest BCUT2D eigenvalue weighted by atomic mass is 35.5. The molecule has 4 nitrogen and oxygen atoms in total. The number of aromatic nitrogens is 2. The zero-order chi connectivity index (χ0) is 15.0. The number of fused-ring (bicyclic) bond motifs is 1. The third kappa shape index (κ3) is 2.56. The van der Waals surface area contributed by atoms with Gasteiger partial charge in [0.1, 0.15) is 0 Å². The molecule has 0 amide bonds. The van der Waals surface area contributed by atoms with Crippen molar-refractivity contribution >= 4 is 17.6 Å². The number of carboxylic acids is 1. The van der Waals surface area contributed by atoms with Crippen molar-refractivity contribution in [2.24, 2.45) is 5.92 Å². The summed E-state index contributed by atoms with van der Waals surface area (Å²) in [5, 5.41) is 14.4. The van der Waals surface area contributed by atoms with Crippen LogP contribution in [0.3, 0.4) is 0 Å². The molecule has 3 rings (SSSR count). The average molecular weight is 305 g/mol.